The minimum absolute atomic E-state index is 0.245. The molecule has 0 unspecified atom stereocenters. The monoisotopic (exact) mass is 284 g/mol. The second kappa shape index (κ2) is 5.05. The van der Waals surface area contributed by atoms with Crippen molar-refractivity contribution in [1.29, 1.82) is 0 Å². The van der Waals surface area contributed by atoms with Gasteiger partial charge in [0.2, 0.25) is 5.75 Å². The van der Waals surface area contributed by atoms with Crippen LogP contribution in [0.5, 0.6) is 23.0 Å². The minimum atomic E-state index is 0.245. The molecule has 108 valence electrons. The van der Waals surface area contributed by atoms with E-state index in [9.17, 15) is 5.11 Å². The number of aromatic hydroxyl groups is 1. The molecule has 0 spiro atoms. The van der Waals surface area contributed by atoms with Crippen molar-refractivity contribution in [1.82, 2.24) is 0 Å². The van der Waals surface area contributed by atoms with Crippen LogP contribution in [0.1, 0.15) is 0 Å². The Kier molecular flexibility index (Phi) is 3.22. The molecule has 0 amide bonds. The molecule has 0 aliphatic rings. The van der Waals surface area contributed by atoms with E-state index in [2.05, 4.69) is 0 Å². The highest BCUT2D eigenvalue weighted by Crippen LogP contribution is 2.45. The Morgan fingerprint density at radius 3 is 2.10 bits per heavy atom. The van der Waals surface area contributed by atoms with Gasteiger partial charge in [-0.1, -0.05) is 12.1 Å². The van der Waals surface area contributed by atoms with Crippen molar-refractivity contribution in [2.45, 2.75) is 0 Å². The number of rotatable bonds is 3. The molecule has 4 heteroatoms. The number of ether oxygens (including phenoxy) is 3. The molecule has 3 rings (SSSR count). The van der Waals surface area contributed by atoms with E-state index in [1.165, 1.54) is 0 Å². The van der Waals surface area contributed by atoms with Crippen LogP contribution in [0.3, 0.4) is 0 Å². The average molecular weight is 284 g/mol. The topological polar surface area (TPSA) is 47.9 Å². The van der Waals surface area contributed by atoms with Gasteiger partial charge in [-0.05, 0) is 40.4 Å². The number of phenols is 1. The van der Waals surface area contributed by atoms with Crippen molar-refractivity contribution in [3.05, 3.63) is 36.4 Å². The van der Waals surface area contributed by atoms with E-state index >= 15 is 0 Å². The highest BCUT2D eigenvalue weighted by Gasteiger charge is 2.17. The van der Waals surface area contributed by atoms with Crippen LogP contribution in [0.4, 0.5) is 0 Å². The second-order valence-electron chi connectivity index (χ2n) is 4.71. The van der Waals surface area contributed by atoms with E-state index in [1.54, 1.807) is 33.5 Å². The fourth-order valence-corrected chi connectivity index (χ4v) is 2.67. The maximum atomic E-state index is 9.62. The van der Waals surface area contributed by atoms with Crippen LogP contribution in [-0.2, 0) is 0 Å². The van der Waals surface area contributed by atoms with Crippen LogP contribution >= 0.6 is 0 Å². The molecule has 21 heavy (non-hydrogen) atoms. The molecule has 0 bridgehead atoms. The van der Waals surface area contributed by atoms with Crippen LogP contribution in [0, 0.1) is 0 Å². The summed E-state index contributed by atoms with van der Waals surface area (Å²) in [5, 5.41) is 13.5. The third-order valence-corrected chi connectivity index (χ3v) is 3.62. The Morgan fingerprint density at radius 1 is 0.714 bits per heavy atom. The summed E-state index contributed by atoms with van der Waals surface area (Å²) >= 11 is 0. The Labute approximate surface area is 122 Å². The van der Waals surface area contributed by atoms with Crippen LogP contribution in [0.25, 0.3) is 21.5 Å². The summed E-state index contributed by atoms with van der Waals surface area (Å²) in [6.45, 7) is 0. The maximum Gasteiger partial charge on any atom is 0.203 e. The van der Waals surface area contributed by atoms with Gasteiger partial charge in [0, 0.05) is 5.39 Å². The summed E-state index contributed by atoms with van der Waals surface area (Å²) in [5.41, 5.74) is 0. The first-order chi connectivity index (χ1) is 10.2. The van der Waals surface area contributed by atoms with Gasteiger partial charge in [-0.15, -0.1) is 0 Å². The first kappa shape index (κ1) is 13.4. The fraction of sp³-hybridized carbons (Fsp3) is 0.176. The zero-order chi connectivity index (χ0) is 15.0. The lowest BCUT2D eigenvalue weighted by Gasteiger charge is -2.16. The Hall–Kier alpha value is -2.62. The largest absolute Gasteiger partial charge is 0.508 e. The molecule has 3 aromatic carbocycles. The molecule has 0 aliphatic carbocycles. The van der Waals surface area contributed by atoms with E-state index in [-0.39, 0.29) is 5.75 Å². The highest BCUT2D eigenvalue weighted by atomic mass is 16.5. The standard InChI is InChI=1S/C17H16O4/c1-19-15-9-14-12-7-5-11(18)8-10(12)4-6-13(14)16(20-2)17(15)21-3/h4-9,18H,1-3H3. The molecule has 0 saturated heterocycles. The van der Waals surface area contributed by atoms with Crippen molar-refractivity contribution in [2.24, 2.45) is 0 Å². The van der Waals surface area contributed by atoms with Gasteiger partial charge >= 0.3 is 0 Å². The summed E-state index contributed by atoms with van der Waals surface area (Å²) in [6.07, 6.45) is 0. The molecule has 4 nitrogen and oxygen atoms in total. The van der Waals surface area contributed by atoms with Crippen molar-refractivity contribution in [3.63, 3.8) is 0 Å². The number of phenolic OH excluding ortho intramolecular Hbond substituents is 1. The lowest BCUT2D eigenvalue weighted by atomic mass is 10.00. The second-order valence-corrected chi connectivity index (χ2v) is 4.71. The number of methoxy groups -OCH3 is 3. The molecule has 0 fully saturated rings. The first-order valence-corrected chi connectivity index (χ1v) is 6.54. The summed E-state index contributed by atoms with van der Waals surface area (Å²) in [7, 11) is 4.79. The van der Waals surface area contributed by atoms with Gasteiger partial charge in [0.25, 0.3) is 0 Å². The summed E-state index contributed by atoms with van der Waals surface area (Å²) in [5.74, 6) is 2.07. The molecule has 0 aromatic heterocycles. The highest BCUT2D eigenvalue weighted by molar-refractivity contribution is 6.11. The van der Waals surface area contributed by atoms with Crippen LogP contribution in [0.2, 0.25) is 0 Å². The van der Waals surface area contributed by atoms with Crippen molar-refractivity contribution in [3.8, 4) is 23.0 Å². The number of hydrogen-bond donors (Lipinski definition) is 1. The molecular weight excluding hydrogens is 268 g/mol. The smallest absolute Gasteiger partial charge is 0.203 e. The van der Waals surface area contributed by atoms with Gasteiger partial charge in [0.15, 0.2) is 11.5 Å². The van der Waals surface area contributed by atoms with Gasteiger partial charge in [0.05, 0.1) is 21.3 Å². The van der Waals surface area contributed by atoms with E-state index in [4.69, 9.17) is 14.2 Å². The quantitative estimate of drug-likeness (QED) is 0.745. The lowest BCUT2D eigenvalue weighted by Crippen LogP contribution is -1.96. The lowest BCUT2D eigenvalue weighted by molar-refractivity contribution is 0.327. The summed E-state index contributed by atoms with van der Waals surface area (Å²) in [6, 6.07) is 11.1. The zero-order valence-electron chi connectivity index (χ0n) is 12.1. The van der Waals surface area contributed by atoms with Gasteiger partial charge < -0.3 is 19.3 Å². The van der Waals surface area contributed by atoms with Crippen LogP contribution < -0.4 is 14.2 Å². The van der Waals surface area contributed by atoms with Crippen molar-refractivity contribution < 1.29 is 19.3 Å². The SMILES string of the molecule is COc1cc2c(ccc3cc(O)ccc32)c(OC)c1OC. The van der Waals surface area contributed by atoms with E-state index in [0.29, 0.717) is 17.2 Å². The normalized spacial score (nSPS) is 10.8. The predicted molar refractivity (Wildman–Crippen MR) is 82.8 cm³/mol. The third-order valence-electron chi connectivity index (χ3n) is 3.62. The Morgan fingerprint density at radius 2 is 1.43 bits per heavy atom. The van der Waals surface area contributed by atoms with E-state index in [1.807, 2.05) is 24.3 Å². The minimum Gasteiger partial charge on any atom is -0.508 e. The molecule has 0 atom stereocenters. The fourth-order valence-electron chi connectivity index (χ4n) is 2.67. The molecule has 3 aromatic rings. The molecule has 0 saturated carbocycles. The van der Waals surface area contributed by atoms with Crippen LogP contribution in [0.15, 0.2) is 36.4 Å². The average Bonchev–Trinajstić information content (AvgIpc) is 2.52. The number of hydrogen-bond acceptors (Lipinski definition) is 4. The maximum absolute atomic E-state index is 9.62. The Balaban J connectivity index is 2.48. The summed E-state index contributed by atoms with van der Waals surface area (Å²) in [4.78, 5) is 0. The van der Waals surface area contributed by atoms with E-state index in [0.717, 1.165) is 21.5 Å². The van der Waals surface area contributed by atoms with Gasteiger partial charge in [0.1, 0.15) is 5.75 Å². The molecule has 0 radical (unpaired) electrons. The van der Waals surface area contributed by atoms with Crippen LogP contribution in [-0.4, -0.2) is 26.4 Å². The van der Waals surface area contributed by atoms with Crippen molar-refractivity contribution >= 4 is 21.5 Å². The number of fused-ring (bicyclic) bond motifs is 3. The number of benzene rings is 3. The molecule has 0 heterocycles. The van der Waals surface area contributed by atoms with Crippen molar-refractivity contribution in [2.75, 3.05) is 21.3 Å². The summed E-state index contributed by atoms with van der Waals surface area (Å²) < 4.78 is 16.3. The molecular formula is C17H16O4. The molecule has 0 aliphatic heterocycles. The Bertz CT molecular complexity index is 824. The first-order valence-electron chi connectivity index (χ1n) is 6.54. The van der Waals surface area contributed by atoms with Gasteiger partial charge in [-0.2, -0.15) is 0 Å². The predicted octanol–water partition coefficient (Wildman–Crippen LogP) is 3.72. The van der Waals surface area contributed by atoms with E-state index < -0.39 is 0 Å². The zero-order valence-corrected chi connectivity index (χ0v) is 12.1. The van der Waals surface area contributed by atoms with Gasteiger partial charge in [-0.25, -0.2) is 0 Å². The van der Waals surface area contributed by atoms with Gasteiger partial charge in [-0.3, -0.25) is 0 Å². The third kappa shape index (κ3) is 2.00. The molecule has 1 N–H and O–H groups in total.